The first kappa shape index (κ1) is 14.4. The number of carbonyl (C=O) groups excluding carboxylic acids is 1. The van der Waals surface area contributed by atoms with Crippen molar-refractivity contribution in [2.75, 3.05) is 6.54 Å². The summed E-state index contributed by atoms with van der Waals surface area (Å²) in [6.07, 6.45) is 5.92. The monoisotopic (exact) mass is 279 g/mol. The number of hydrogen-bond donors (Lipinski definition) is 1. The number of hydrogen-bond acceptors (Lipinski definition) is 1. The molecule has 2 unspecified atom stereocenters. The molecule has 1 aliphatic rings. The maximum absolute atomic E-state index is 11.7. The van der Waals surface area contributed by atoms with Crippen LogP contribution in [-0.4, -0.2) is 17.8 Å². The summed E-state index contributed by atoms with van der Waals surface area (Å²) in [5.41, 5.74) is 1.30. The van der Waals surface area contributed by atoms with Crippen molar-refractivity contribution in [2.24, 2.45) is 5.92 Å². The third kappa shape index (κ3) is 4.87. The van der Waals surface area contributed by atoms with Gasteiger partial charge in [-0.25, -0.2) is 0 Å². The van der Waals surface area contributed by atoms with Gasteiger partial charge >= 0.3 is 0 Å². The van der Waals surface area contributed by atoms with Crippen molar-refractivity contribution in [1.82, 2.24) is 5.32 Å². The summed E-state index contributed by atoms with van der Waals surface area (Å²) in [5, 5.41) is 3.27. The van der Waals surface area contributed by atoms with Crippen LogP contribution >= 0.6 is 11.6 Å². The average molecular weight is 280 g/mol. The van der Waals surface area contributed by atoms with Crippen LogP contribution in [0.15, 0.2) is 30.3 Å². The SMILES string of the molecule is O=C(CCCc1ccccc1)NCC1CCCC1Cl. The fourth-order valence-corrected chi connectivity index (χ4v) is 3.02. The minimum atomic E-state index is 0.159. The summed E-state index contributed by atoms with van der Waals surface area (Å²) in [6, 6.07) is 10.3. The van der Waals surface area contributed by atoms with Gasteiger partial charge in [0.1, 0.15) is 0 Å². The topological polar surface area (TPSA) is 29.1 Å². The van der Waals surface area contributed by atoms with E-state index in [-0.39, 0.29) is 11.3 Å². The standard InChI is InChI=1S/C16H22ClNO/c17-15-10-5-9-14(15)12-18-16(19)11-4-8-13-6-2-1-3-7-13/h1-3,6-7,14-15H,4-5,8-12H2,(H,18,19). The van der Waals surface area contributed by atoms with E-state index in [1.807, 2.05) is 18.2 Å². The Morgan fingerprint density at radius 2 is 2.05 bits per heavy atom. The number of aryl methyl sites for hydroxylation is 1. The van der Waals surface area contributed by atoms with E-state index in [4.69, 9.17) is 11.6 Å². The van der Waals surface area contributed by atoms with E-state index in [1.54, 1.807) is 0 Å². The van der Waals surface area contributed by atoms with Gasteiger partial charge in [-0.1, -0.05) is 36.8 Å². The second kappa shape index (κ2) is 7.54. The number of rotatable bonds is 6. The van der Waals surface area contributed by atoms with Gasteiger partial charge in [-0.3, -0.25) is 4.79 Å². The highest BCUT2D eigenvalue weighted by molar-refractivity contribution is 6.20. The van der Waals surface area contributed by atoms with E-state index in [9.17, 15) is 4.79 Å². The molecule has 0 aliphatic heterocycles. The van der Waals surface area contributed by atoms with E-state index < -0.39 is 0 Å². The van der Waals surface area contributed by atoms with Gasteiger partial charge < -0.3 is 5.32 Å². The highest BCUT2D eigenvalue weighted by Crippen LogP contribution is 2.29. The van der Waals surface area contributed by atoms with Crippen molar-refractivity contribution < 1.29 is 4.79 Å². The zero-order valence-electron chi connectivity index (χ0n) is 11.3. The second-order valence-corrected chi connectivity index (χ2v) is 5.91. The summed E-state index contributed by atoms with van der Waals surface area (Å²) in [7, 11) is 0. The Kier molecular flexibility index (Phi) is 5.71. The summed E-state index contributed by atoms with van der Waals surface area (Å²) in [4.78, 5) is 11.7. The summed E-state index contributed by atoms with van der Waals surface area (Å²) >= 11 is 6.19. The molecule has 0 heterocycles. The lowest BCUT2D eigenvalue weighted by Gasteiger charge is -2.14. The Labute approximate surface area is 120 Å². The molecule has 1 N–H and O–H groups in total. The molecule has 1 saturated carbocycles. The predicted octanol–water partition coefficient (Wildman–Crippen LogP) is 3.53. The molecule has 1 amide bonds. The van der Waals surface area contributed by atoms with Crippen molar-refractivity contribution in [3.8, 4) is 0 Å². The first-order valence-electron chi connectivity index (χ1n) is 7.20. The first-order valence-corrected chi connectivity index (χ1v) is 7.64. The molecule has 19 heavy (non-hydrogen) atoms. The molecule has 1 aliphatic carbocycles. The number of alkyl halides is 1. The maximum Gasteiger partial charge on any atom is 0.220 e. The van der Waals surface area contributed by atoms with E-state index in [1.165, 1.54) is 12.0 Å². The van der Waals surface area contributed by atoms with Gasteiger partial charge in [-0.15, -0.1) is 11.6 Å². The summed E-state index contributed by atoms with van der Waals surface area (Å²) < 4.78 is 0. The van der Waals surface area contributed by atoms with Crippen LogP contribution in [0.5, 0.6) is 0 Å². The number of halogens is 1. The van der Waals surface area contributed by atoms with Crippen LogP contribution in [0.2, 0.25) is 0 Å². The molecule has 0 bridgehead atoms. The van der Waals surface area contributed by atoms with Crippen LogP contribution < -0.4 is 5.32 Å². The molecule has 1 aromatic carbocycles. The van der Waals surface area contributed by atoms with Crippen LogP contribution in [0.4, 0.5) is 0 Å². The van der Waals surface area contributed by atoms with E-state index in [0.717, 1.165) is 32.2 Å². The number of nitrogens with one attached hydrogen (secondary N) is 1. The van der Waals surface area contributed by atoms with E-state index in [0.29, 0.717) is 12.3 Å². The molecule has 2 rings (SSSR count). The Hall–Kier alpha value is -1.02. The largest absolute Gasteiger partial charge is 0.356 e. The number of amides is 1. The fraction of sp³-hybridized carbons (Fsp3) is 0.562. The van der Waals surface area contributed by atoms with Crippen molar-refractivity contribution in [3.05, 3.63) is 35.9 Å². The van der Waals surface area contributed by atoms with Gasteiger partial charge in [0.25, 0.3) is 0 Å². The number of benzene rings is 1. The van der Waals surface area contributed by atoms with E-state index in [2.05, 4.69) is 17.4 Å². The van der Waals surface area contributed by atoms with Gasteiger partial charge in [0.2, 0.25) is 5.91 Å². The average Bonchev–Trinajstić information content (AvgIpc) is 2.83. The van der Waals surface area contributed by atoms with Gasteiger partial charge in [0.05, 0.1) is 0 Å². The molecule has 3 heteroatoms. The molecular formula is C16H22ClNO. The fourth-order valence-electron chi connectivity index (χ4n) is 2.65. The predicted molar refractivity (Wildman–Crippen MR) is 79.4 cm³/mol. The Bertz CT molecular complexity index is 393. The van der Waals surface area contributed by atoms with Crippen LogP contribution in [0, 0.1) is 5.92 Å². The molecule has 2 atom stereocenters. The highest BCUT2D eigenvalue weighted by Gasteiger charge is 2.25. The normalized spacial score (nSPS) is 22.4. The summed E-state index contributed by atoms with van der Waals surface area (Å²) in [6.45, 7) is 0.748. The second-order valence-electron chi connectivity index (χ2n) is 5.35. The van der Waals surface area contributed by atoms with Crippen LogP contribution in [0.25, 0.3) is 0 Å². The zero-order chi connectivity index (χ0) is 13.5. The van der Waals surface area contributed by atoms with Crippen molar-refractivity contribution >= 4 is 17.5 Å². The lowest BCUT2D eigenvalue weighted by atomic mass is 10.1. The van der Waals surface area contributed by atoms with Gasteiger partial charge in [0.15, 0.2) is 0 Å². The first-order chi connectivity index (χ1) is 9.25. The van der Waals surface area contributed by atoms with E-state index >= 15 is 0 Å². The minimum absolute atomic E-state index is 0.159. The molecule has 2 nitrogen and oxygen atoms in total. The maximum atomic E-state index is 11.7. The van der Waals surface area contributed by atoms with Crippen LogP contribution in [0.1, 0.15) is 37.7 Å². The van der Waals surface area contributed by atoms with Crippen LogP contribution in [0.3, 0.4) is 0 Å². The lowest BCUT2D eigenvalue weighted by Crippen LogP contribution is -2.30. The smallest absolute Gasteiger partial charge is 0.220 e. The van der Waals surface area contributed by atoms with Gasteiger partial charge in [-0.05, 0) is 37.2 Å². The molecule has 0 aromatic heterocycles. The lowest BCUT2D eigenvalue weighted by molar-refractivity contribution is -0.121. The van der Waals surface area contributed by atoms with Crippen molar-refractivity contribution in [1.29, 1.82) is 0 Å². The van der Waals surface area contributed by atoms with Crippen molar-refractivity contribution in [2.45, 2.75) is 43.9 Å². The van der Waals surface area contributed by atoms with Crippen molar-refractivity contribution in [3.63, 3.8) is 0 Å². The highest BCUT2D eigenvalue weighted by atomic mass is 35.5. The minimum Gasteiger partial charge on any atom is -0.356 e. The molecular weight excluding hydrogens is 258 g/mol. The van der Waals surface area contributed by atoms with Gasteiger partial charge in [0, 0.05) is 18.3 Å². The molecule has 0 radical (unpaired) electrons. The Balaban J connectivity index is 1.59. The molecule has 1 fully saturated rings. The Morgan fingerprint density at radius 1 is 1.26 bits per heavy atom. The third-order valence-corrected chi connectivity index (χ3v) is 4.41. The summed E-state index contributed by atoms with van der Waals surface area (Å²) in [5.74, 6) is 0.631. The third-order valence-electron chi connectivity index (χ3n) is 3.84. The van der Waals surface area contributed by atoms with Crippen LogP contribution in [-0.2, 0) is 11.2 Å². The molecule has 0 spiro atoms. The number of carbonyl (C=O) groups is 1. The molecule has 1 aromatic rings. The zero-order valence-corrected chi connectivity index (χ0v) is 12.0. The van der Waals surface area contributed by atoms with Gasteiger partial charge in [-0.2, -0.15) is 0 Å². The quantitative estimate of drug-likeness (QED) is 0.793. The molecule has 104 valence electrons. The Morgan fingerprint density at radius 3 is 2.74 bits per heavy atom. The molecule has 0 saturated heterocycles.